The van der Waals surface area contributed by atoms with Gasteiger partial charge in [-0.05, 0) is 36.8 Å². The average Bonchev–Trinajstić information content (AvgIpc) is 2.74. The molecule has 0 aliphatic heterocycles. The number of rotatable bonds is 3. The predicted molar refractivity (Wildman–Crippen MR) is 73.4 cm³/mol. The van der Waals surface area contributed by atoms with Gasteiger partial charge in [-0.15, -0.1) is 0 Å². The highest BCUT2D eigenvalue weighted by Crippen LogP contribution is 2.16. The summed E-state index contributed by atoms with van der Waals surface area (Å²) in [6.45, 7) is 2.44. The first-order valence-electron chi connectivity index (χ1n) is 5.62. The van der Waals surface area contributed by atoms with E-state index in [1.807, 2.05) is 31.2 Å². The van der Waals surface area contributed by atoms with Gasteiger partial charge in [-0.25, -0.2) is 0 Å². The second-order valence-corrected chi connectivity index (χ2v) is 5.11. The molecule has 1 aromatic carbocycles. The maximum Gasteiger partial charge on any atom is 0.254 e. The average molecular weight is 308 g/mol. The number of carbonyl (C=O) groups excluding carboxylic acids is 1. The minimum absolute atomic E-state index is 0.0212. The third-order valence-corrected chi connectivity index (χ3v) is 3.26. The lowest BCUT2D eigenvalue weighted by Gasteiger charge is -2.16. The van der Waals surface area contributed by atoms with Crippen molar-refractivity contribution in [3.8, 4) is 0 Å². The van der Waals surface area contributed by atoms with Crippen LogP contribution in [0.5, 0.6) is 0 Å². The Morgan fingerprint density at radius 1 is 1.39 bits per heavy atom. The van der Waals surface area contributed by atoms with E-state index in [0.717, 1.165) is 15.8 Å². The molecule has 0 unspecified atom stereocenters. The first-order chi connectivity index (χ1) is 8.58. The zero-order valence-corrected chi connectivity index (χ0v) is 11.9. The molecule has 2 rings (SSSR count). The number of hydrogen-bond acceptors (Lipinski definition) is 2. The van der Waals surface area contributed by atoms with Gasteiger partial charge in [-0.2, -0.15) is 0 Å². The number of halogens is 1. The van der Waals surface area contributed by atoms with Crippen molar-refractivity contribution >= 4 is 21.8 Å². The number of hydrogen-bond donors (Lipinski definition) is 0. The molecule has 0 saturated heterocycles. The number of nitrogens with zero attached hydrogens (tertiary/aromatic N) is 1. The predicted octanol–water partition coefficient (Wildman–Crippen LogP) is 3.62. The molecule has 1 aromatic heterocycles. The van der Waals surface area contributed by atoms with Crippen molar-refractivity contribution in [2.24, 2.45) is 0 Å². The minimum Gasteiger partial charge on any atom is -0.467 e. The lowest BCUT2D eigenvalue weighted by molar-refractivity contribution is 0.0775. The van der Waals surface area contributed by atoms with Crippen LogP contribution in [0.25, 0.3) is 0 Å². The Hall–Kier alpha value is -1.55. The van der Waals surface area contributed by atoms with Gasteiger partial charge >= 0.3 is 0 Å². The Morgan fingerprint density at radius 2 is 2.17 bits per heavy atom. The highest BCUT2D eigenvalue weighted by molar-refractivity contribution is 9.10. The Balaban J connectivity index is 2.12. The van der Waals surface area contributed by atoms with E-state index in [1.165, 1.54) is 0 Å². The molecule has 0 aliphatic rings. The quantitative estimate of drug-likeness (QED) is 0.867. The Kier molecular flexibility index (Phi) is 3.87. The molecule has 0 bridgehead atoms. The van der Waals surface area contributed by atoms with Gasteiger partial charge in [0.05, 0.1) is 12.8 Å². The Labute approximate surface area is 115 Å². The molecule has 4 heteroatoms. The molecular formula is C14H14BrNO2. The molecule has 0 fully saturated rings. The first kappa shape index (κ1) is 12.9. The van der Waals surface area contributed by atoms with Gasteiger partial charge in [-0.1, -0.05) is 22.0 Å². The molecule has 0 aliphatic carbocycles. The van der Waals surface area contributed by atoms with Crippen LogP contribution in [-0.2, 0) is 6.54 Å². The summed E-state index contributed by atoms with van der Waals surface area (Å²) in [4.78, 5) is 13.8. The van der Waals surface area contributed by atoms with Crippen molar-refractivity contribution in [3.05, 3.63) is 58.0 Å². The summed E-state index contributed by atoms with van der Waals surface area (Å²) in [5.41, 5.74) is 1.72. The summed E-state index contributed by atoms with van der Waals surface area (Å²) in [5, 5.41) is 0. The van der Waals surface area contributed by atoms with Crippen molar-refractivity contribution in [2.45, 2.75) is 13.5 Å². The van der Waals surface area contributed by atoms with E-state index in [-0.39, 0.29) is 5.91 Å². The van der Waals surface area contributed by atoms with E-state index < -0.39 is 0 Å². The summed E-state index contributed by atoms with van der Waals surface area (Å²) >= 11 is 3.36. The molecule has 1 heterocycles. The Bertz CT molecular complexity index is 562. The first-order valence-corrected chi connectivity index (χ1v) is 6.41. The summed E-state index contributed by atoms with van der Waals surface area (Å²) in [7, 11) is 1.77. The summed E-state index contributed by atoms with van der Waals surface area (Å²) < 4.78 is 6.24. The number of benzene rings is 1. The molecule has 3 nitrogen and oxygen atoms in total. The molecule has 18 heavy (non-hydrogen) atoms. The maximum absolute atomic E-state index is 12.2. The van der Waals surface area contributed by atoms with Gasteiger partial charge in [0.25, 0.3) is 5.91 Å². The number of furan rings is 1. The van der Waals surface area contributed by atoms with Crippen molar-refractivity contribution in [3.63, 3.8) is 0 Å². The lowest BCUT2D eigenvalue weighted by atomic mass is 10.2. The van der Waals surface area contributed by atoms with Crippen LogP contribution in [0.4, 0.5) is 0 Å². The smallest absolute Gasteiger partial charge is 0.254 e. The van der Waals surface area contributed by atoms with Crippen LogP contribution < -0.4 is 0 Å². The van der Waals surface area contributed by atoms with E-state index in [2.05, 4.69) is 15.9 Å². The van der Waals surface area contributed by atoms with Gasteiger partial charge in [-0.3, -0.25) is 4.79 Å². The third kappa shape index (κ3) is 2.82. The van der Waals surface area contributed by atoms with Crippen molar-refractivity contribution in [2.75, 3.05) is 7.05 Å². The van der Waals surface area contributed by atoms with Gasteiger partial charge in [0.15, 0.2) is 0 Å². The van der Waals surface area contributed by atoms with Crippen LogP contribution in [0.15, 0.2) is 45.5 Å². The van der Waals surface area contributed by atoms with Gasteiger partial charge in [0, 0.05) is 17.1 Å². The fourth-order valence-electron chi connectivity index (χ4n) is 1.70. The number of aryl methyl sites for hydroxylation is 1. The molecule has 94 valence electrons. The maximum atomic E-state index is 12.2. The van der Waals surface area contributed by atoms with E-state index >= 15 is 0 Å². The van der Waals surface area contributed by atoms with Crippen LogP contribution in [-0.4, -0.2) is 17.9 Å². The fraction of sp³-hybridized carbons (Fsp3) is 0.214. The zero-order chi connectivity index (χ0) is 13.1. The van der Waals surface area contributed by atoms with Crippen molar-refractivity contribution < 1.29 is 9.21 Å². The van der Waals surface area contributed by atoms with Gasteiger partial charge < -0.3 is 9.32 Å². The second-order valence-electron chi connectivity index (χ2n) is 4.20. The van der Waals surface area contributed by atoms with Crippen LogP contribution in [0.3, 0.4) is 0 Å². The van der Waals surface area contributed by atoms with Crippen molar-refractivity contribution in [1.82, 2.24) is 4.90 Å². The number of carbonyl (C=O) groups is 1. The molecule has 0 spiro atoms. The number of amides is 1. The van der Waals surface area contributed by atoms with E-state index in [4.69, 9.17) is 4.42 Å². The van der Waals surface area contributed by atoms with Crippen LogP contribution in [0.1, 0.15) is 21.7 Å². The van der Waals surface area contributed by atoms with Gasteiger partial charge in [0.1, 0.15) is 5.76 Å². The summed E-state index contributed by atoms with van der Waals surface area (Å²) in [5.74, 6) is 0.799. The van der Waals surface area contributed by atoms with E-state index in [9.17, 15) is 4.79 Å². The standard InChI is InChI=1S/C14H14BrNO2/c1-10-6-7-18-13(10)9-16(2)14(17)11-4-3-5-12(15)8-11/h3-8H,9H2,1-2H3. The zero-order valence-electron chi connectivity index (χ0n) is 10.3. The van der Waals surface area contributed by atoms with Crippen LogP contribution in [0.2, 0.25) is 0 Å². The van der Waals surface area contributed by atoms with Gasteiger partial charge in [0.2, 0.25) is 0 Å². The summed E-state index contributed by atoms with van der Waals surface area (Å²) in [6.07, 6.45) is 1.64. The fourth-order valence-corrected chi connectivity index (χ4v) is 2.09. The molecule has 0 radical (unpaired) electrons. The summed E-state index contributed by atoms with van der Waals surface area (Å²) in [6, 6.07) is 9.26. The second kappa shape index (κ2) is 5.40. The molecular weight excluding hydrogens is 294 g/mol. The topological polar surface area (TPSA) is 33.5 Å². The van der Waals surface area contributed by atoms with E-state index in [1.54, 1.807) is 24.3 Å². The van der Waals surface area contributed by atoms with Crippen molar-refractivity contribution in [1.29, 1.82) is 0 Å². The Morgan fingerprint density at radius 3 is 2.78 bits per heavy atom. The highest BCUT2D eigenvalue weighted by Gasteiger charge is 2.14. The molecule has 0 saturated carbocycles. The largest absolute Gasteiger partial charge is 0.467 e. The van der Waals surface area contributed by atoms with Crippen LogP contribution in [0, 0.1) is 6.92 Å². The molecule has 0 N–H and O–H groups in total. The minimum atomic E-state index is -0.0212. The molecule has 0 atom stereocenters. The third-order valence-electron chi connectivity index (χ3n) is 2.77. The SMILES string of the molecule is Cc1ccoc1CN(C)C(=O)c1cccc(Br)c1. The molecule has 1 amide bonds. The monoisotopic (exact) mass is 307 g/mol. The highest BCUT2D eigenvalue weighted by atomic mass is 79.9. The normalized spacial score (nSPS) is 10.4. The van der Waals surface area contributed by atoms with Crippen LogP contribution >= 0.6 is 15.9 Å². The lowest BCUT2D eigenvalue weighted by Crippen LogP contribution is -2.26. The van der Waals surface area contributed by atoms with E-state index in [0.29, 0.717) is 12.1 Å². The molecule has 2 aromatic rings.